The van der Waals surface area contributed by atoms with Crippen molar-refractivity contribution in [2.75, 3.05) is 7.11 Å². The molecule has 2 unspecified atom stereocenters. The number of hydrogen-bond donors (Lipinski definition) is 1. The third-order valence-electron chi connectivity index (χ3n) is 3.27. The van der Waals surface area contributed by atoms with Crippen molar-refractivity contribution < 1.29 is 9.53 Å². The molecule has 4 nitrogen and oxygen atoms in total. The normalized spacial score (nSPS) is 32.3. The van der Waals surface area contributed by atoms with Crippen LogP contribution in [0.4, 0.5) is 0 Å². The van der Waals surface area contributed by atoms with E-state index in [2.05, 4.69) is 0 Å². The van der Waals surface area contributed by atoms with Gasteiger partial charge in [-0.3, -0.25) is 4.79 Å². The number of carbonyl (C=O) groups is 1. The fourth-order valence-electron chi connectivity index (χ4n) is 2.12. The smallest absolute Gasteiger partial charge is 0.210 e. The summed E-state index contributed by atoms with van der Waals surface area (Å²) in [7, 11) is 1.71. The van der Waals surface area contributed by atoms with E-state index in [4.69, 9.17) is 10.5 Å². The monoisotopic (exact) mass is 228 g/mol. The zero-order chi connectivity index (χ0) is 12.3. The summed E-state index contributed by atoms with van der Waals surface area (Å²) >= 11 is 0. The van der Waals surface area contributed by atoms with Crippen molar-refractivity contribution in [1.82, 2.24) is 4.90 Å². The Labute approximate surface area is 98.1 Å². The van der Waals surface area contributed by atoms with Crippen molar-refractivity contribution in [2.24, 2.45) is 5.73 Å². The van der Waals surface area contributed by atoms with Gasteiger partial charge in [0.25, 0.3) is 0 Å². The molecule has 0 aromatic carbocycles. The lowest BCUT2D eigenvalue weighted by molar-refractivity contribution is -0.135. The van der Waals surface area contributed by atoms with Crippen molar-refractivity contribution in [3.63, 3.8) is 0 Å². The number of fused-ring (bicyclic) bond motifs is 2. The average Bonchev–Trinajstić information content (AvgIpc) is 2.17. The highest BCUT2D eigenvalue weighted by molar-refractivity contribution is 5.51. The van der Waals surface area contributed by atoms with Crippen LogP contribution in [-0.4, -0.2) is 42.1 Å². The predicted molar refractivity (Wildman–Crippen MR) is 64.1 cm³/mol. The number of rotatable bonds is 1. The number of nitrogens with zero attached hydrogens (tertiary/aromatic N) is 1. The minimum Gasteiger partial charge on any atom is -0.379 e. The molecule has 1 saturated carbocycles. The minimum atomic E-state index is 0.0417. The molecule has 3 aliphatic rings. The van der Waals surface area contributed by atoms with Gasteiger partial charge in [0.15, 0.2) is 0 Å². The first-order valence-corrected chi connectivity index (χ1v) is 5.91. The number of amides is 1. The van der Waals surface area contributed by atoms with Crippen LogP contribution in [0.5, 0.6) is 0 Å². The SMILES string of the molecule is COC(C)(C)C.NC1CC2C[C@@H](C1)N2C=O. The van der Waals surface area contributed by atoms with Gasteiger partial charge in [0.2, 0.25) is 6.41 Å². The lowest BCUT2D eigenvalue weighted by Crippen LogP contribution is -2.62. The van der Waals surface area contributed by atoms with E-state index in [1.54, 1.807) is 7.11 Å². The van der Waals surface area contributed by atoms with E-state index in [1.807, 2.05) is 25.7 Å². The first kappa shape index (κ1) is 13.5. The fraction of sp³-hybridized carbons (Fsp3) is 0.917. The van der Waals surface area contributed by atoms with E-state index in [0.717, 1.165) is 19.3 Å². The summed E-state index contributed by atoms with van der Waals surface area (Å²) < 4.78 is 4.94. The molecule has 16 heavy (non-hydrogen) atoms. The van der Waals surface area contributed by atoms with Crippen LogP contribution in [0.3, 0.4) is 0 Å². The van der Waals surface area contributed by atoms with Gasteiger partial charge in [0, 0.05) is 25.2 Å². The van der Waals surface area contributed by atoms with Crippen LogP contribution in [0.1, 0.15) is 40.0 Å². The van der Waals surface area contributed by atoms with Crippen LogP contribution in [0.2, 0.25) is 0 Å². The highest BCUT2D eigenvalue weighted by atomic mass is 16.5. The van der Waals surface area contributed by atoms with E-state index >= 15 is 0 Å². The van der Waals surface area contributed by atoms with Gasteiger partial charge in [-0.05, 0) is 40.0 Å². The number of piperidine rings is 1. The van der Waals surface area contributed by atoms with Gasteiger partial charge in [0.05, 0.1) is 5.60 Å². The Hall–Kier alpha value is -0.610. The van der Waals surface area contributed by atoms with Gasteiger partial charge in [0.1, 0.15) is 0 Å². The van der Waals surface area contributed by atoms with E-state index < -0.39 is 0 Å². The molecular weight excluding hydrogens is 204 g/mol. The summed E-state index contributed by atoms with van der Waals surface area (Å²) in [4.78, 5) is 12.3. The molecule has 0 aromatic heterocycles. The number of carbonyl (C=O) groups excluding carboxylic acids is 1. The highest BCUT2D eigenvalue weighted by Crippen LogP contribution is 2.35. The second kappa shape index (κ2) is 5.15. The molecular formula is C12H24N2O2. The van der Waals surface area contributed by atoms with Gasteiger partial charge in [-0.2, -0.15) is 0 Å². The van der Waals surface area contributed by atoms with Crippen LogP contribution in [0.25, 0.3) is 0 Å². The van der Waals surface area contributed by atoms with Gasteiger partial charge < -0.3 is 15.4 Å². The summed E-state index contributed by atoms with van der Waals surface area (Å²) in [5.41, 5.74) is 5.77. The number of hydrogen-bond acceptors (Lipinski definition) is 3. The maximum atomic E-state index is 10.4. The molecule has 2 saturated heterocycles. The molecule has 3 fully saturated rings. The highest BCUT2D eigenvalue weighted by Gasteiger charge is 2.43. The van der Waals surface area contributed by atoms with Crippen LogP contribution >= 0.6 is 0 Å². The van der Waals surface area contributed by atoms with Gasteiger partial charge >= 0.3 is 0 Å². The maximum absolute atomic E-state index is 10.4. The fourth-order valence-corrected chi connectivity index (χ4v) is 2.12. The van der Waals surface area contributed by atoms with Crippen molar-refractivity contribution in [2.45, 2.75) is 63.8 Å². The lowest BCUT2D eigenvalue weighted by atomic mass is 9.78. The van der Waals surface area contributed by atoms with E-state index in [1.165, 1.54) is 6.42 Å². The summed E-state index contributed by atoms with van der Waals surface area (Å²) in [6.45, 7) is 6.06. The van der Waals surface area contributed by atoms with Crippen LogP contribution in [0.15, 0.2) is 0 Å². The Balaban J connectivity index is 0.000000187. The van der Waals surface area contributed by atoms with Gasteiger partial charge in [-0.15, -0.1) is 0 Å². The third-order valence-corrected chi connectivity index (χ3v) is 3.27. The first-order valence-electron chi connectivity index (χ1n) is 5.91. The van der Waals surface area contributed by atoms with Crippen molar-refractivity contribution >= 4 is 6.41 Å². The molecule has 2 heterocycles. The minimum absolute atomic E-state index is 0.0417. The molecule has 3 rings (SSSR count). The quantitative estimate of drug-likeness (QED) is 0.685. The standard InChI is InChI=1S/C7H12N2O.C5H12O/c8-5-1-6-3-7(2-5)9(6)4-10;1-5(2,3)6-4/h4-7H,1-3,8H2;1-4H3/t5?,6-,7?;/m1./s1. The molecule has 0 aromatic rings. The molecule has 1 aliphatic carbocycles. The Kier molecular flexibility index (Phi) is 4.33. The molecule has 94 valence electrons. The molecule has 2 bridgehead atoms. The summed E-state index contributed by atoms with van der Waals surface area (Å²) in [6, 6.07) is 1.30. The van der Waals surface area contributed by atoms with Gasteiger partial charge in [-0.25, -0.2) is 0 Å². The molecule has 4 heteroatoms. The maximum Gasteiger partial charge on any atom is 0.210 e. The zero-order valence-corrected chi connectivity index (χ0v) is 10.8. The molecule has 2 aliphatic heterocycles. The Bertz CT molecular complexity index is 226. The third kappa shape index (κ3) is 3.46. The molecule has 2 N–H and O–H groups in total. The average molecular weight is 228 g/mol. The Morgan fingerprint density at radius 2 is 1.69 bits per heavy atom. The molecule has 0 spiro atoms. The van der Waals surface area contributed by atoms with Crippen LogP contribution < -0.4 is 5.73 Å². The largest absolute Gasteiger partial charge is 0.379 e. The van der Waals surface area contributed by atoms with E-state index in [0.29, 0.717) is 18.1 Å². The predicted octanol–water partition coefficient (Wildman–Crippen LogP) is 1.14. The summed E-state index contributed by atoms with van der Waals surface area (Å²) in [5.74, 6) is 0. The molecule has 3 atom stereocenters. The Morgan fingerprint density at radius 1 is 1.25 bits per heavy atom. The van der Waals surface area contributed by atoms with Gasteiger partial charge in [-0.1, -0.05) is 0 Å². The van der Waals surface area contributed by atoms with Crippen molar-refractivity contribution in [1.29, 1.82) is 0 Å². The lowest BCUT2D eigenvalue weighted by Gasteiger charge is -2.52. The topological polar surface area (TPSA) is 55.6 Å². The van der Waals surface area contributed by atoms with Crippen LogP contribution in [-0.2, 0) is 9.53 Å². The van der Waals surface area contributed by atoms with Crippen molar-refractivity contribution in [3.05, 3.63) is 0 Å². The zero-order valence-electron chi connectivity index (χ0n) is 10.8. The second-order valence-electron chi connectivity index (χ2n) is 5.64. The molecule has 0 radical (unpaired) electrons. The number of nitrogens with two attached hydrogens (primary N) is 1. The molecule has 1 amide bonds. The van der Waals surface area contributed by atoms with Crippen molar-refractivity contribution in [3.8, 4) is 0 Å². The first-order chi connectivity index (χ1) is 7.37. The number of methoxy groups -OCH3 is 1. The summed E-state index contributed by atoms with van der Waals surface area (Å²) in [6.07, 6.45) is 4.17. The Morgan fingerprint density at radius 3 is 2.00 bits per heavy atom. The second-order valence-corrected chi connectivity index (χ2v) is 5.64. The van der Waals surface area contributed by atoms with Crippen LogP contribution in [0, 0.1) is 0 Å². The van der Waals surface area contributed by atoms with E-state index in [9.17, 15) is 4.79 Å². The summed E-state index contributed by atoms with van der Waals surface area (Å²) in [5, 5.41) is 0. The number of ether oxygens (including phenoxy) is 1. The van der Waals surface area contributed by atoms with E-state index in [-0.39, 0.29) is 5.60 Å².